The molecule has 1 N–H and O–H groups in total. The van der Waals surface area contributed by atoms with Gasteiger partial charge in [-0.2, -0.15) is 0 Å². The molecule has 1 aliphatic carbocycles. The van der Waals surface area contributed by atoms with Gasteiger partial charge in [-0.05, 0) is 52.5 Å². The van der Waals surface area contributed by atoms with Crippen molar-refractivity contribution in [2.45, 2.75) is 51.3 Å². The highest BCUT2D eigenvalue weighted by Gasteiger charge is 2.29. The van der Waals surface area contributed by atoms with Crippen LogP contribution in [0.1, 0.15) is 52.1 Å². The fourth-order valence-electron chi connectivity index (χ4n) is 1.87. The van der Waals surface area contributed by atoms with Crippen LogP contribution in [0.25, 0.3) is 0 Å². The number of nitrogens with one attached hydrogen (secondary N) is 1. The fourth-order valence-corrected chi connectivity index (χ4v) is 2.67. The van der Waals surface area contributed by atoms with E-state index in [1.54, 1.807) is 18.2 Å². The molecule has 2 atom stereocenters. The highest BCUT2D eigenvalue weighted by Crippen LogP contribution is 2.32. The summed E-state index contributed by atoms with van der Waals surface area (Å²) in [4.78, 5) is 0. The molecule has 0 aromatic heterocycles. The average molecular weight is 313 g/mol. The third-order valence-corrected chi connectivity index (χ3v) is 5.15. The largest absolute Gasteiger partial charge is 0.598 e. The second-order valence-corrected chi connectivity index (χ2v) is 8.63. The molecule has 1 aromatic carbocycles. The smallest absolute Gasteiger partial charge is 0.169 e. The third-order valence-electron chi connectivity index (χ3n) is 3.47. The van der Waals surface area contributed by atoms with E-state index in [-0.39, 0.29) is 22.4 Å². The summed E-state index contributed by atoms with van der Waals surface area (Å²) >= 11 is -1.24. The Hall–Kier alpha value is -0.780. The zero-order chi connectivity index (χ0) is 15.6. The Balaban J connectivity index is 2.05. The maximum absolute atomic E-state index is 14.5. The molecule has 21 heavy (non-hydrogen) atoms. The van der Waals surface area contributed by atoms with Gasteiger partial charge in [0.15, 0.2) is 11.6 Å². The lowest BCUT2D eigenvalue weighted by atomic mass is 10.1. The molecule has 0 amide bonds. The molecule has 2 rings (SSSR count). The lowest BCUT2D eigenvalue weighted by molar-refractivity contribution is 0.283. The van der Waals surface area contributed by atoms with Gasteiger partial charge in [-0.25, -0.2) is 4.39 Å². The Morgan fingerprint density at radius 2 is 2.10 bits per heavy atom. The molecule has 0 aliphatic heterocycles. The number of hydrogen-bond donors (Lipinski definition) is 1. The van der Waals surface area contributed by atoms with E-state index in [9.17, 15) is 8.94 Å². The van der Waals surface area contributed by atoms with Crippen LogP contribution in [0, 0.1) is 11.7 Å². The second kappa shape index (κ2) is 6.55. The molecule has 0 spiro atoms. The predicted molar refractivity (Wildman–Crippen MR) is 84.1 cm³/mol. The monoisotopic (exact) mass is 313 g/mol. The van der Waals surface area contributed by atoms with Gasteiger partial charge in [0.25, 0.3) is 0 Å². The molecule has 0 bridgehead atoms. The zero-order valence-electron chi connectivity index (χ0n) is 13.1. The first-order chi connectivity index (χ1) is 9.79. The van der Waals surface area contributed by atoms with Crippen molar-refractivity contribution < 1.29 is 13.7 Å². The van der Waals surface area contributed by atoms with Gasteiger partial charge in [0, 0.05) is 16.9 Å². The molecule has 3 nitrogen and oxygen atoms in total. The minimum atomic E-state index is -1.24. The molecule has 0 heterocycles. The molecule has 1 aromatic rings. The van der Waals surface area contributed by atoms with Crippen LogP contribution < -0.4 is 9.46 Å². The summed E-state index contributed by atoms with van der Waals surface area (Å²) < 4.78 is 34.7. The Kier molecular flexibility index (Phi) is 5.17. The van der Waals surface area contributed by atoms with Crippen molar-refractivity contribution in [2.75, 3.05) is 6.61 Å². The molecular weight excluding hydrogens is 289 g/mol. The number of hydrogen-bond acceptors (Lipinski definition) is 3. The SMILES string of the molecule is CC(N[S+]([O-])C(C)(C)C)c1cccc(OCC2CC2)c1F. The summed E-state index contributed by atoms with van der Waals surface area (Å²) in [6.07, 6.45) is 2.34. The van der Waals surface area contributed by atoms with E-state index in [1.807, 2.05) is 27.7 Å². The first-order valence-corrected chi connectivity index (χ1v) is 8.53. The Morgan fingerprint density at radius 3 is 2.67 bits per heavy atom. The van der Waals surface area contributed by atoms with Crippen molar-refractivity contribution in [3.8, 4) is 5.75 Å². The van der Waals surface area contributed by atoms with Crippen LogP contribution in [-0.2, 0) is 11.4 Å². The van der Waals surface area contributed by atoms with Gasteiger partial charge in [0.1, 0.15) is 4.75 Å². The second-order valence-electron chi connectivity index (χ2n) is 6.63. The zero-order valence-corrected chi connectivity index (χ0v) is 13.9. The lowest BCUT2D eigenvalue weighted by Crippen LogP contribution is -2.40. The standard InChI is InChI=1S/C16H24FNO2S/c1-11(18-21(19)16(2,3)4)13-6-5-7-14(15(13)17)20-10-12-8-9-12/h5-7,11-12,18H,8-10H2,1-4H3. The molecule has 0 saturated heterocycles. The maximum atomic E-state index is 14.5. The van der Waals surface area contributed by atoms with Crippen molar-refractivity contribution in [1.29, 1.82) is 0 Å². The fraction of sp³-hybridized carbons (Fsp3) is 0.625. The highest BCUT2D eigenvalue weighted by molar-refractivity contribution is 7.90. The number of halogens is 1. The maximum Gasteiger partial charge on any atom is 0.169 e. The highest BCUT2D eigenvalue weighted by atomic mass is 32.2. The molecule has 1 fully saturated rings. The quantitative estimate of drug-likeness (QED) is 0.814. The number of benzene rings is 1. The molecule has 118 valence electrons. The van der Waals surface area contributed by atoms with Gasteiger partial charge in [-0.1, -0.05) is 12.1 Å². The summed E-state index contributed by atoms with van der Waals surface area (Å²) in [6.45, 7) is 8.04. The van der Waals surface area contributed by atoms with Crippen molar-refractivity contribution in [3.05, 3.63) is 29.6 Å². The van der Waals surface area contributed by atoms with Gasteiger partial charge in [-0.3, -0.25) is 0 Å². The Bertz CT molecular complexity index is 486. The van der Waals surface area contributed by atoms with Gasteiger partial charge >= 0.3 is 0 Å². The summed E-state index contributed by atoms with van der Waals surface area (Å²) in [5, 5.41) is 0. The topological polar surface area (TPSA) is 44.3 Å². The van der Waals surface area contributed by atoms with Crippen LogP contribution >= 0.6 is 0 Å². The first-order valence-electron chi connectivity index (χ1n) is 7.38. The molecule has 2 unspecified atom stereocenters. The molecule has 5 heteroatoms. The number of ether oxygens (including phenoxy) is 1. The van der Waals surface area contributed by atoms with Crippen LogP contribution in [0.3, 0.4) is 0 Å². The Morgan fingerprint density at radius 1 is 1.43 bits per heavy atom. The van der Waals surface area contributed by atoms with Gasteiger partial charge in [0.2, 0.25) is 0 Å². The third kappa shape index (κ3) is 4.59. The van der Waals surface area contributed by atoms with Crippen molar-refractivity contribution in [3.63, 3.8) is 0 Å². The summed E-state index contributed by atoms with van der Waals surface area (Å²) in [5.41, 5.74) is 0.487. The van der Waals surface area contributed by atoms with Gasteiger partial charge in [-0.15, -0.1) is 4.72 Å². The van der Waals surface area contributed by atoms with Gasteiger partial charge < -0.3 is 9.29 Å². The first kappa shape index (κ1) is 16.6. The summed E-state index contributed by atoms with van der Waals surface area (Å²) in [5.74, 6) is 0.510. The Labute approximate surface area is 129 Å². The van der Waals surface area contributed by atoms with E-state index >= 15 is 0 Å². The van der Waals surface area contributed by atoms with Crippen LogP contribution in [-0.4, -0.2) is 15.9 Å². The summed E-state index contributed by atoms with van der Waals surface area (Å²) in [7, 11) is 0. The van der Waals surface area contributed by atoms with E-state index in [1.165, 1.54) is 12.8 Å². The van der Waals surface area contributed by atoms with Crippen molar-refractivity contribution in [2.24, 2.45) is 5.92 Å². The van der Waals surface area contributed by atoms with Crippen LogP contribution in [0.15, 0.2) is 18.2 Å². The minimum Gasteiger partial charge on any atom is -0.598 e. The minimum absolute atomic E-state index is 0.287. The van der Waals surface area contributed by atoms with Crippen molar-refractivity contribution in [1.82, 2.24) is 4.72 Å². The molecule has 1 saturated carbocycles. The van der Waals surface area contributed by atoms with Gasteiger partial charge in [0.05, 0.1) is 12.6 Å². The van der Waals surface area contributed by atoms with E-state index in [0.29, 0.717) is 18.1 Å². The van der Waals surface area contributed by atoms with E-state index in [4.69, 9.17) is 4.74 Å². The van der Waals surface area contributed by atoms with Crippen LogP contribution in [0.4, 0.5) is 4.39 Å². The van der Waals surface area contributed by atoms with Crippen LogP contribution in [0.2, 0.25) is 0 Å². The molecule has 1 aliphatic rings. The van der Waals surface area contributed by atoms with Crippen molar-refractivity contribution >= 4 is 11.4 Å². The van der Waals surface area contributed by atoms with E-state index < -0.39 is 11.4 Å². The summed E-state index contributed by atoms with van der Waals surface area (Å²) in [6, 6.07) is 4.79. The molecular formula is C16H24FNO2S. The van der Waals surface area contributed by atoms with E-state index in [2.05, 4.69) is 4.72 Å². The van der Waals surface area contributed by atoms with E-state index in [0.717, 1.165) is 0 Å². The average Bonchev–Trinajstić information content (AvgIpc) is 3.20. The van der Waals surface area contributed by atoms with Crippen LogP contribution in [0.5, 0.6) is 5.75 Å². The number of rotatable bonds is 6. The molecule has 0 radical (unpaired) electrons. The predicted octanol–water partition coefficient (Wildman–Crippen LogP) is 3.73. The normalized spacial score (nSPS) is 18.4. The lowest BCUT2D eigenvalue weighted by Gasteiger charge is -2.26.